The first kappa shape index (κ1) is 17.7. The van der Waals surface area contributed by atoms with Gasteiger partial charge in [-0.2, -0.15) is 8.78 Å². The molecule has 0 amide bonds. The zero-order valence-electron chi connectivity index (χ0n) is 13.9. The Bertz CT molecular complexity index is 911. The van der Waals surface area contributed by atoms with Crippen LogP contribution >= 0.6 is 0 Å². The number of aromatic nitrogens is 2. The first-order chi connectivity index (χ1) is 12.6. The SMILES string of the molecule is CCOc1cccc(COC(=O)c2ccnc3[nH]ccc23)c1OC(F)F. The molecule has 0 spiro atoms. The van der Waals surface area contributed by atoms with Crippen molar-refractivity contribution in [3.05, 3.63) is 53.9 Å². The zero-order valence-corrected chi connectivity index (χ0v) is 13.9. The molecular weight excluding hydrogens is 346 g/mol. The predicted molar refractivity (Wildman–Crippen MR) is 89.5 cm³/mol. The van der Waals surface area contributed by atoms with Gasteiger partial charge in [0, 0.05) is 23.3 Å². The molecule has 0 aliphatic rings. The third kappa shape index (κ3) is 3.74. The number of hydrogen-bond donors (Lipinski definition) is 1. The van der Waals surface area contributed by atoms with Crippen LogP contribution in [0.5, 0.6) is 11.5 Å². The smallest absolute Gasteiger partial charge is 0.387 e. The van der Waals surface area contributed by atoms with Gasteiger partial charge in [-0.05, 0) is 25.1 Å². The number of ether oxygens (including phenoxy) is 3. The van der Waals surface area contributed by atoms with E-state index in [0.717, 1.165) is 0 Å². The average molecular weight is 362 g/mol. The molecule has 2 aromatic heterocycles. The van der Waals surface area contributed by atoms with Crippen molar-refractivity contribution >= 4 is 17.0 Å². The summed E-state index contributed by atoms with van der Waals surface area (Å²) in [6.45, 7) is -1.25. The molecule has 3 rings (SSSR count). The number of H-pyrrole nitrogens is 1. The topological polar surface area (TPSA) is 73.4 Å². The van der Waals surface area contributed by atoms with E-state index in [-0.39, 0.29) is 30.3 Å². The Morgan fingerprint density at radius 2 is 2.12 bits per heavy atom. The lowest BCUT2D eigenvalue weighted by Gasteiger charge is -2.15. The lowest BCUT2D eigenvalue weighted by atomic mass is 10.2. The van der Waals surface area contributed by atoms with Gasteiger partial charge in [-0.25, -0.2) is 9.78 Å². The molecule has 6 nitrogen and oxygen atoms in total. The summed E-state index contributed by atoms with van der Waals surface area (Å²) in [5.74, 6) is -0.571. The van der Waals surface area contributed by atoms with Gasteiger partial charge in [-0.3, -0.25) is 0 Å². The highest BCUT2D eigenvalue weighted by molar-refractivity contribution is 6.02. The first-order valence-corrected chi connectivity index (χ1v) is 7.89. The van der Waals surface area contributed by atoms with Crippen molar-refractivity contribution in [1.82, 2.24) is 9.97 Å². The van der Waals surface area contributed by atoms with Crippen LogP contribution < -0.4 is 9.47 Å². The van der Waals surface area contributed by atoms with Crippen molar-refractivity contribution in [2.45, 2.75) is 20.1 Å². The highest BCUT2D eigenvalue weighted by Gasteiger charge is 2.18. The normalized spacial score (nSPS) is 10.9. The zero-order chi connectivity index (χ0) is 18.5. The fourth-order valence-electron chi connectivity index (χ4n) is 2.53. The Morgan fingerprint density at radius 1 is 1.27 bits per heavy atom. The number of rotatable bonds is 7. The Hall–Kier alpha value is -3.16. The predicted octanol–water partition coefficient (Wildman–Crippen LogP) is 3.92. The number of alkyl halides is 2. The van der Waals surface area contributed by atoms with Gasteiger partial charge in [0.25, 0.3) is 0 Å². The Balaban J connectivity index is 1.81. The third-order valence-electron chi connectivity index (χ3n) is 3.61. The highest BCUT2D eigenvalue weighted by Crippen LogP contribution is 2.33. The van der Waals surface area contributed by atoms with E-state index in [1.54, 1.807) is 25.3 Å². The number of nitrogens with zero attached hydrogens (tertiary/aromatic N) is 1. The van der Waals surface area contributed by atoms with Crippen LogP contribution in [-0.2, 0) is 11.3 Å². The number of para-hydroxylation sites is 1. The molecule has 26 heavy (non-hydrogen) atoms. The molecule has 3 aromatic rings. The van der Waals surface area contributed by atoms with E-state index >= 15 is 0 Å². The van der Waals surface area contributed by atoms with Crippen molar-refractivity contribution in [2.75, 3.05) is 6.61 Å². The van der Waals surface area contributed by atoms with Crippen LogP contribution in [0.1, 0.15) is 22.8 Å². The van der Waals surface area contributed by atoms with Crippen LogP contribution in [0.4, 0.5) is 8.78 Å². The van der Waals surface area contributed by atoms with Crippen LogP contribution in [0.25, 0.3) is 11.0 Å². The molecule has 0 unspecified atom stereocenters. The number of pyridine rings is 1. The lowest BCUT2D eigenvalue weighted by Crippen LogP contribution is -2.10. The Morgan fingerprint density at radius 3 is 2.88 bits per heavy atom. The lowest BCUT2D eigenvalue weighted by molar-refractivity contribution is -0.0526. The van der Waals surface area contributed by atoms with Gasteiger partial charge in [0.05, 0.1) is 12.2 Å². The van der Waals surface area contributed by atoms with Gasteiger partial charge in [0.2, 0.25) is 0 Å². The molecule has 0 fully saturated rings. The number of fused-ring (bicyclic) bond motifs is 1. The van der Waals surface area contributed by atoms with Crippen LogP contribution in [0.3, 0.4) is 0 Å². The molecule has 0 atom stereocenters. The summed E-state index contributed by atoms with van der Waals surface area (Å²) in [4.78, 5) is 19.4. The first-order valence-electron chi connectivity index (χ1n) is 7.89. The maximum absolute atomic E-state index is 12.7. The minimum Gasteiger partial charge on any atom is -0.490 e. The van der Waals surface area contributed by atoms with E-state index in [0.29, 0.717) is 16.6 Å². The number of esters is 1. The van der Waals surface area contributed by atoms with Crippen molar-refractivity contribution in [3.63, 3.8) is 0 Å². The van der Waals surface area contributed by atoms with Gasteiger partial charge < -0.3 is 19.2 Å². The van der Waals surface area contributed by atoms with Gasteiger partial charge in [-0.15, -0.1) is 0 Å². The van der Waals surface area contributed by atoms with Crippen LogP contribution in [-0.4, -0.2) is 29.2 Å². The van der Waals surface area contributed by atoms with Crippen LogP contribution in [0.15, 0.2) is 42.7 Å². The summed E-state index contributed by atoms with van der Waals surface area (Å²) < 4.78 is 40.6. The highest BCUT2D eigenvalue weighted by atomic mass is 19.3. The van der Waals surface area contributed by atoms with Crippen molar-refractivity contribution < 1.29 is 27.8 Å². The molecule has 2 heterocycles. The molecule has 0 aliphatic carbocycles. The molecule has 0 aliphatic heterocycles. The molecule has 1 aromatic carbocycles. The van der Waals surface area contributed by atoms with Crippen molar-refractivity contribution in [1.29, 1.82) is 0 Å². The molecule has 0 bridgehead atoms. The summed E-state index contributed by atoms with van der Waals surface area (Å²) in [6, 6.07) is 7.90. The second-order valence-electron chi connectivity index (χ2n) is 5.23. The molecule has 1 N–H and O–H groups in total. The molecule has 0 saturated carbocycles. The Kier molecular flexibility index (Phi) is 5.31. The van der Waals surface area contributed by atoms with E-state index in [4.69, 9.17) is 9.47 Å². The standard InChI is InChI=1S/C18H16F2N2O4/c1-2-24-14-5-3-4-11(15(14)26-18(19)20)10-25-17(23)13-7-9-22-16-12(13)6-8-21-16/h3-9,18H,2,10H2,1H3,(H,21,22). The molecular formula is C18H16F2N2O4. The quantitative estimate of drug-likeness (QED) is 0.645. The van der Waals surface area contributed by atoms with Crippen LogP contribution in [0, 0.1) is 0 Å². The average Bonchev–Trinajstić information content (AvgIpc) is 3.10. The number of carbonyl (C=O) groups excluding carboxylic acids is 1. The number of aromatic amines is 1. The van der Waals surface area contributed by atoms with Crippen LogP contribution in [0.2, 0.25) is 0 Å². The van der Waals surface area contributed by atoms with Gasteiger partial charge in [0.15, 0.2) is 11.5 Å². The monoisotopic (exact) mass is 362 g/mol. The maximum Gasteiger partial charge on any atom is 0.387 e. The fourth-order valence-corrected chi connectivity index (χ4v) is 2.53. The summed E-state index contributed by atoms with van der Waals surface area (Å²) in [6.07, 6.45) is 3.14. The second kappa shape index (κ2) is 7.81. The fraction of sp³-hybridized carbons (Fsp3) is 0.222. The van der Waals surface area contributed by atoms with E-state index in [1.807, 2.05) is 0 Å². The number of nitrogens with one attached hydrogen (secondary N) is 1. The van der Waals surface area contributed by atoms with E-state index in [1.165, 1.54) is 24.4 Å². The second-order valence-corrected chi connectivity index (χ2v) is 5.23. The summed E-state index contributed by atoms with van der Waals surface area (Å²) >= 11 is 0. The minimum absolute atomic E-state index is 0.140. The molecule has 0 saturated heterocycles. The summed E-state index contributed by atoms with van der Waals surface area (Å²) in [5.41, 5.74) is 1.16. The minimum atomic E-state index is -3.02. The molecule has 136 valence electrons. The van der Waals surface area contributed by atoms with Crippen molar-refractivity contribution in [3.8, 4) is 11.5 Å². The molecule has 8 heteroatoms. The van der Waals surface area contributed by atoms with Gasteiger partial charge in [-0.1, -0.05) is 12.1 Å². The van der Waals surface area contributed by atoms with E-state index in [2.05, 4.69) is 14.7 Å². The third-order valence-corrected chi connectivity index (χ3v) is 3.61. The number of carbonyl (C=O) groups is 1. The number of benzene rings is 1. The number of halogens is 2. The van der Waals surface area contributed by atoms with Crippen molar-refractivity contribution in [2.24, 2.45) is 0 Å². The van der Waals surface area contributed by atoms with Gasteiger partial charge in [0.1, 0.15) is 12.3 Å². The largest absolute Gasteiger partial charge is 0.490 e. The maximum atomic E-state index is 12.7. The molecule has 0 radical (unpaired) electrons. The van der Waals surface area contributed by atoms with Gasteiger partial charge >= 0.3 is 12.6 Å². The summed E-state index contributed by atoms with van der Waals surface area (Å²) in [5, 5.41) is 0.615. The van der Waals surface area contributed by atoms with E-state index in [9.17, 15) is 13.6 Å². The Labute approximate surface area is 147 Å². The number of hydrogen-bond acceptors (Lipinski definition) is 5. The van der Waals surface area contributed by atoms with E-state index < -0.39 is 12.6 Å². The summed E-state index contributed by atoms with van der Waals surface area (Å²) in [7, 11) is 0.